The Morgan fingerprint density at radius 1 is 1.29 bits per heavy atom. The van der Waals surface area contributed by atoms with E-state index in [1.165, 1.54) is 5.56 Å². The molecule has 140 valence electrons. The van der Waals surface area contributed by atoms with Crippen LogP contribution in [0.5, 0.6) is 0 Å². The van der Waals surface area contributed by atoms with Crippen LogP contribution < -0.4 is 0 Å². The average Bonchev–Trinajstić information content (AvgIpc) is 3.39. The van der Waals surface area contributed by atoms with E-state index in [2.05, 4.69) is 23.2 Å². The predicted octanol–water partition coefficient (Wildman–Crippen LogP) is 5.62. The fourth-order valence-electron chi connectivity index (χ4n) is 2.78. The van der Waals surface area contributed by atoms with Gasteiger partial charge in [-0.3, -0.25) is 15.2 Å². The molecule has 0 saturated heterocycles. The zero-order valence-corrected chi connectivity index (χ0v) is 17.2. The summed E-state index contributed by atoms with van der Waals surface area (Å²) >= 11 is 9.10. The van der Waals surface area contributed by atoms with E-state index in [9.17, 15) is 5.26 Å². The van der Waals surface area contributed by atoms with Crippen LogP contribution >= 0.6 is 35.1 Å². The largest absolute Gasteiger partial charge is 0.296 e. The number of nitriles is 1. The highest BCUT2D eigenvalue weighted by atomic mass is 35.5. The molecular weight excluding hydrogens is 410 g/mol. The van der Waals surface area contributed by atoms with E-state index in [1.807, 2.05) is 30.5 Å². The maximum absolute atomic E-state index is 9.26. The molecule has 3 aromatic rings. The summed E-state index contributed by atoms with van der Waals surface area (Å²) in [6, 6.07) is 14.3. The number of fused-ring (bicyclic) bond motifs is 1. The molecule has 4 rings (SSSR count). The normalized spacial score (nSPS) is 14.6. The van der Waals surface area contributed by atoms with Crippen molar-refractivity contribution in [1.29, 1.82) is 16.1 Å². The Balaban J connectivity index is 1.57. The number of hydrogen-bond acceptors (Lipinski definition) is 6. The number of benzene rings is 1. The molecule has 1 saturated carbocycles. The maximum Gasteiger partial charge on any atom is 0.156 e. The first-order valence-corrected chi connectivity index (χ1v) is 10.8. The van der Waals surface area contributed by atoms with Gasteiger partial charge in [0.1, 0.15) is 10.5 Å². The van der Waals surface area contributed by atoms with E-state index < -0.39 is 5.41 Å². The molecule has 2 N–H and O–H groups in total. The number of rotatable bonds is 5. The van der Waals surface area contributed by atoms with Gasteiger partial charge in [0.05, 0.1) is 28.0 Å². The standard InChI is InChI=1S/C20H16ClN5S2/c21-15-8-14(27-11-13-4-2-1-3-5-13)10-26-16(9-25-18(15)26)17(23)28-19(24)20(12-22)6-7-20/h1-5,8-10,23-24H,6-7,11H2. The Bertz CT molecular complexity index is 1110. The summed E-state index contributed by atoms with van der Waals surface area (Å²) in [4.78, 5) is 5.31. The van der Waals surface area contributed by atoms with Gasteiger partial charge >= 0.3 is 0 Å². The SMILES string of the molecule is N#CC1(C(=N)SC(=N)c2cnc3c(Cl)cc(SCc4ccccc4)cn23)CC1. The Kier molecular flexibility index (Phi) is 5.19. The van der Waals surface area contributed by atoms with E-state index in [4.69, 9.17) is 22.4 Å². The van der Waals surface area contributed by atoms with Crippen molar-refractivity contribution in [2.24, 2.45) is 5.41 Å². The van der Waals surface area contributed by atoms with E-state index >= 15 is 0 Å². The monoisotopic (exact) mass is 425 g/mol. The summed E-state index contributed by atoms with van der Waals surface area (Å²) in [7, 11) is 0. The molecule has 1 aliphatic rings. The fraction of sp³-hybridized carbons (Fsp3) is 0.200. The van der Waals surface area contributed by atoms with E-state index in [0.717, 1.165) is 22.4 Å². The van der Waals surface area contributed by atoms with Crippen molar-refractivity contribution in [1.82, 2.24) is 9.38 Å². The third-order valence-electron chi connectivity index (χ3n) is 4.62. The molecule has 1 fully saturated rings. The van der Waals surface area contributed by atoms with E-state index in [0.29, 0.717) is 29.2 Å². The second kappa shape index (κ2) is 7.63. The molecule has 0 amide bonds. The van der Waals surface area contributed by atoms with Crippen molar-refractivity contribution in [3.63, 3.8) is 0 Å². The van der Waals surface area contributed by atoms with Crippen molar-refractivity contribution in [2.45, 2.75) is 23.5 Å². The van der Waals surface area contributed by atoms with Gasteiger partial charge in [0.15, 0.2) is 5.65 Å². The number of halogens is 1. The first-order valence-electron chi connectivity index (χ1n) is 8.63. The topological polar surface area (TPSA) is 88.8 Å². The Labute approximate surface area is 176 Å². The highest BCUT2D eigenvalue weighted by Gasteiger charge is 2.48. The number of thioether (sulfide) groups is 2. The first-order chi connectivity index (χ1) is 13.5. The second-order valence-electron chi connectivity index (χ2n) is 6.59. The number of nitrogens with zero attached hydrogens (tertiary/aromatic N) is 3. The Morgan fingerprint density at radius 3 is 2.71 bits per heavy atom. The zero-order chi connectivity index (χ0) is 19.7. The van der Waals surface area contributed by atoms with Crippen molar-refractivity contribution in [2.75, 3.05) is 0 Å². The van der Waals surface area contributed by atoms with Gasteiger partial charge in [-0.15, -0.1) is 11.8 Å². The van der Waals surface area contributed by atoms with Crippen LogP contribution in [-0.2, 0) is 5.75 Å². The van der Waals surface area contributed by atoms with Crippen LogP contribution in [0.1, 0.15) is 24.1 Å². The number of nitrogens with one attached hydrogen (secondary N) is 2. The minimum absolute atomic E-state index is 0.195. The van der Waals surface area contributed by atoms with Crippen LogP contribution in [-0.4, -0.2) is 19.5 Å². The molecule has 0 aliphatic heterocycles. The molecule has 0 atom stereocenters. The number of imidazole rings is 1. The predicted molar refractivity (Wildman–Crippen MR) is 116 cm³/mol. The van der Waals surface area contributed by atoms with Crippen LogP contribution in [0, 0.1) is 27.6 Å². The van der Waals surface area contributed by atoms with Crippen molar-refractivity contribution in [3.05, 3.63) is 65.1 Å². The lowest BCUT2D eigenvalue weighted by atomic mass is 10.2. The molecule has 0 radical (unpaired) electrons. The highest BCUT2D eigenvalue weighted by molar-refractivity contribution is 8.26. The summed E-state index contributed by atoms with van der Waals surface area (Å²) < 4.78 is 1.80. The van der Waals surface area contributed by atoms with Crippen LogP contribution in [0.4, 0.5) is 0 Å². The summed E-state index contributed by atoms with van der Waals surface area (Å²) in [5, 5.41) is 26.8. The number of pyridine rings is 1. The van der Waals surface area contributed by atoms with Gasteiger partial charge < -0.3 is 0 Å². The lowest BCUT2D eigenvalue weighted by molar-refractivity contribution is 0.948. The van der Waals surface area contributed by atoms with Gasteiger partial charge in [0.25, 0.3) is 0 Å². The van der Waals surface area contributed by atoms with Gasteiger partial charge in [-0.1, -0.05) is 53.7 Å². The van der Waals surface area contributed by atoms with E-state index in [1.54, 1.807) is 22.4 Å². The molecule has 0 bridgehead atoms. The Morgan fingerprint density at radius 2 is 2.04 bits per heavy atom. The molecule has 2 aromatic heterocycles. The van der Waals surface area contributed by atoms with Gasteiger partial charge in [-0.25, -0.2) is 4.98 Å². The van der Waals surface area contributed by atoms with Crippen LogP contribution in [0.2, 0.25) is 5.02 Å². The summed E-state index contributed by atoms with van der Waals surface area (Å²) in [6.45, 7) is 0. The van der Waals surface area contributed by atoms with Crippen molar-refractivity contribution >= 4 is 50.9 Å². The molecule has 1 aliphatic carbocycles. The van der Waals surface area contributed by atoms with Gasteiger partial charge in [0.2, 0.25) is 0 Å². The smallest absolute Gasteiger partial charge is 0.156 e. The third kappa shape index (κ3) is 3.68. The van der Waals surface area contributed by atoms with Crippen LogP contribution in [0.15, 0.2) is 53.7 Å². The van der Waals surface area contributed by atoms with Gasteiger partial charge in [-0.2, -0.15) is 5.26 Å². The molecule has 0 spiro atoms. The highest BCUT2D eigenvalue weighted by Crippen LogP contribution is 2.49. The number of hydrogen-bond donors (Lipinski definition) is 2. The quantitative estimate of drug-likeness (QED) is 0.315. The molecule has 0 unspecified atom stereocenters. The fourth-order valence-corrected chi connectivity index (χ4v) is 4.91. The molecule has 5 nitrogen and oxygen atoms in total. The Hall–Kier alpha value is -2.27. The zero-order valence-electron chi connectivity index (χ0n) is 14.8. The number of aromatic nitrogens is 2. The maximum atomic E-state index is 9.26. The average molecular weight is 426 g/mol. The van der Waals surface area contributed by atoms with Gasteiger partial charge in [0, 0.05) is 16.8 Å². The lowest BCUT2D eigenvalue weighted by Gasteiger charge is -2.10. The third-order valence-corrected chi connectivity index (χ3v) is 6.94. The lowest BCUT2D eigenvalue weighted by Crippen LogP contribution is -2.12. The molecular formula is C20H16ClN5S2. The minimum atomic E-state index is -0.689. The summed E-state index contributed by atoms with van der Waals surface area (Å²) in [5.74, 6) is 0.814. The molecule has 1 aromatic carbocycles. The summed E-state index contributed by atoms with van der Waals surface area (Å²) in [6.07, 6.45) is 4.91. The molecule has 8 heteroatoms. The van der Waals surface area contributed by atoms with Crippen molar-refractivity contribution < 1.29 is 0 Å². The van der Waals surface area contributed by atoms with Crippen molar-refractivity contribution in [3.8, 4) is 6.07 Å². The summed E-state index contributed by atoms with van der Waals surface area (Å²) in [5.41, 5.74) is 1.69. The molecule has 28 heavy (non-hydrogen) atoms. The molecule has 2 heterocycles. The second-order valence-corrected chi connectivity index (χ2v) is 9.07. The van der Waals surface area contributed by atoms with Crippen LogP contribution in [0.25, 0.3) is 5.65 Å². The van der Waals surface area contributed by atoms with E-state index in [-0.39, 0.29) is 10.1 Å². The van der Waals surface area contributed by atoms with Gasteiger partial charge in [-0.05, 0) is 24.5 Å². The minimum Gasteiger partial charge on any atom is -0.296 e. The first kappa shape index (κ1) is 19.1. The van der Waals surface area contributed by atoms with Crippen LogP contribution in [0.3, 0.4) is 0 Å².